The Hall–Kier alpha value is -3.65. The molecule has 7 nitrogen and oxygen atoms in total. The Labute approximate surface area is 178 Å². The Balaban J connectivity index is 1.38. The van der Waals surface area contributed by atoms with Crippen molar-refractivity contribution in [1.82, 2.24) is 10.9 Å². The third kappa shape index (κ3) is 4.04. The number of benzene rings is 3. The highest BCUT2D eigenvalue weighted by Crippen LogP contribution is 2.32. The number of carbonyl (C=O) groups is 2. The molecular formula is C22H15BrN2O5. The molecule has 0 unspecified atom stereocenters. The van der Waals surface area contributed by atoms with E-state index in [2.05, 4.69) is 26.8 Å². The van der Waals surface area contributed by atoms with Crippen LogP contribution in [0.3, 0.4) is 0 Å². The maximum Gasteiger partial charge on any atom is 0.349 e. The first-order valence-electron chi connectivity index (χ1n) is 8.95. The summed E-state index contributed by atoms with van der Waals surface area (Å²) in [6.07, 6.45) is 0. The fourth-order valence-electron chi connectivity index (χ4n) is 2.92. The van der Waals surface area contributed by atoms with E-state index in [1.54, 1.807) is 30.3 Å². The SMILES string of the molecule is O=C(COc1ccc2ccccc2c1Br)NNC(=O)c1cc2ccccc2oc1=O. The van der Waals surface area contributed by atoms with E-state index in [9.17, 15) is 14.4 Å². The van der Waals surface area contributed by atoms with E-state index in [0.717, 1.165) is 15.2 Å². The number of hydrogen-bond donors (Lipinski definition) is 2. The minimum absolute atomic E-state index is 0.216. The van der Waals surface area contributed by atoms with E-state index in [-0.39, 0.29) is 12.2 Å². The molecule has 0 spiro atoms. The van der Waals surface area contributed by atoms with Gasteiger partial charge >= 0.3 is 5.63 Å². The highest BCUT2D eigenvalue weighted by molar-refractivity contribution is 9.10. The number of halogens is 1. The van der Waals surface area contributed by atoms with Crippen LogP contribution in [-0.2, 0) is 4.79 Å². The van der Waals surface area contributed by atoms with E-state index in [1.807, 2.05) is 30.3 Å². The Bertz CT molecular complexity index is 1330. The average molecular weight is 467 g/mol. The fraction of sp³-hybridized carbons (Fsp3) is 0.0455. The minimum Gasteiger partial charge on any atom is -0.483 e. The van der Waals surface area contributed by atoms with Crippen LogP contribution in [-0.4, -0.2) is 18.4 Å². The lowest BCUT2D eigenvalue weighted by Gasteiger charge is -2.11. The molecule has 4 aromatic rings. The van der Waals surface area contributed by atoms with Gasteiger partial charge in [0.15, 0.2) is 6.61 Å². The number of rotatable bonds is 4. The van der Waals surface area contributed by atoms with E-state index in [0.29, 0.717) is 16.7 Å². The van der Waals surface area contributed by atoms with Crippen molar-refractivity contribution >= 4 is 49.5 Å². The van der Waals surface area contributed by atoms with Crippen LogP contribution in [0.15, 0.2) is 80.4 Å². The van der Waals surface area contributed by atoms with Crippen molar-refractivity contribution in [2.24, 2.45) is 0 Å². The monoisotopic (exact) mass is 466 g/mol. The average Bonchev–Trinajstić information content (AvgIpc) is 2.76. The Morgan fingerprint density at radius 2 is 1.67 bits per heavy atom. The molecule has 0 fully saturated rings. The number of para-hydroxylation sites is 1. The van der Waals surface area contributed by atoms with Crippen LogP contribution in [0.5, 0.6) is 5.75 Å². The fourth-order valence-corrected chi connectivity index (χ4v) is 3.53. The van der Waals surface area contributed by atoms with Gasteiger partial charge in [-0.15, -0.1) is 0 Å². The normalized spacial score (nSPS) is 10.7. The number of amides is 2. The molecule has 2 N–H and O–H groups in total. The number of ether oxygens (including phenoxy) is 1. The molecule has 0 atom stereocenters. The molecule has 0 saturated heterocycles. The van der Waals surface area contributed by atoms with Gasteiger partial charge < -0.3 is 9.15 Å². The van der Waals surface area contributed by atoms with Gasteiger partial charge in [0.2, 0.25) is 0 Å². The number of nitrogens with one attached hydrogen (secondary N) is 2. The van der Waals surface area contributed by atoms with E-state index < -0.39 is 17.4 Å². The third-order valence-electron chi connectivity index (χ3n) is 4.39. The van der Waals surface area contributed by atoms with E-state index in [4.69, 9.17) is 9.15 Å². The molecule has 8 heteroatoms. The van der Waals surface area contributed by atoms with Gasteiger partial charge in [-0.05, 0) is 44.9 Å². The summed E-state index contributed by atoms with van der Waals surface area (Å²) in [6.45, 7) is -0.330. The third-order valence-corrected chi connectivity index (χ3v) is 5.21. The van der Waals surface area contributed by atoms with Crippen molar-refractivity contribution in [1.29, 1.82) is 0 Å². The number of hydrogen-bond acceptors (Lipinski definition) is 5. The second-order valence-electron chi connectivity index (χ2n) is 6.38. The van der Waals surface area contributed by atoms with Gasteiger partial charge in [-0.3, -0.25) is 20.4 Å². The highest BCUT2D eigenvalue weighted by Gasteiger charge is 2.15. The molecule has 1 aromatic heterocycles. The second kappa shape index (κ2) is 8.38. The minimum atomic E-state index is -0.795. The lowest BCUT2D eigenvalue weighted by Crippen LogP contribution is -2.45. The van der Waals surface area contributed by atoms with Gasteiger partial charge in [0.25, 0.3) is 11.8 Å². The first-order valence-corrected chi connectivity index (χ1v) is 9.74. The highest BCUT2D eigenvalue weighted by atomic mass is 79.9. The van der Waals surface area contributed by atoms with Gasteiger partial charge in [0.05, 0.1) is 4.47 Å². The zero-order valence-corrected chi connectivity index (χ0v) is 17.1. The largest absolute Gasteiger partial charge is 0.483 e. The Morgan fingerprint density at radius 1 is 0.933 bits per heavy atom. The van der Waals surface area contributed by atoms with Crippen molar-refractivity contribution in [3.8, 4) is 5.75 Å². The zero-order chi connectivity index (χ0) is 21.1. The molecule has 4 rings (SSSR count). The molecule has 0 aliphatic carbocycles. The summed E-state index contributed by atoms with van der Waals surface area (Å²) in [6, 6.07) is 19.6. The van der Waals surface area contributed by atoms with Crippen LogP contribution < -0.4 is 21.2 Å². The maximum absolute atomic E-state index is 12.3. The van der Waals surface area contributed by atoms with Crippen LogP contribution >= 0.6 is 15.9 Å². The standard InChI is InChI=1S/C22H15BrN2O5/c23-20-15-7-3-1-5-13(15)9-10-18(20)29-12-19(26)24-25-21(27)16-11-14-6-2-4-8-17(14)30-22(16)28/h1-11H,12H2,(H,24,26)(H,25,27). The van der Waals surface area contributed by atoms with Crippen molar-refractivity contribution < 1.29 is 18.7 Å². The van der Waals surface area contributed by atoms with Crippen LogP contribution in [0.2, 0.25) is 0 Å². The van der Waals surface area contributed by atoms with Crippen molar-refractivity contribution in [2.45, 2.75) is 0 Å². The second-order valence-corrected chi connectivity index (χ2v) is 7.17. The first kappa shape index (κ1) is 19.7. The first-order chi connectivity index (χ1) is 14.5. The number of hydrazine groups is 1. The van der Waals surface area contributed by atoms with Gasteiger partial charge in [-0.1, -0.05) is 48.5 Å². The van der Waals surface area contributed by atoms with E-state index in [1.165, 1.54) is 6.07 Å². The van der Waals surface area contributed by atoms with Crippen LogP contribution in [0.4, 0.5) is 0 Å². The molecule has 0 aliphatic rings. The van der Waals surface area contributed by atoms with Crippen LogP contribution in [0.25, 0.3) is 21.7 Å². The summed E-state index contributed by atoms with van der Waals surface area (Å²) in [4.78, 5) is 36.3. The lowest BCUT2D eigenvalue weighted by molar-refractivity contribution is -0.123. The predicted molar refractivity (Wildman–Crippen MR) is 115 cm³/mol. The summed E-state index contributed by atoms with van der Waals surface area (Å²) in [7, 11) is 0. The lowest BCUT2D eigenvalue weighted by atomic mass is 10.1. The van der Waals surface area contributed by atoms with Crippen LogP contribution in [0.1, 0.15) is 10.4 Å². The molecule has 30 heavy (non-hydrogen) atoms. The smallest absolute Gasteiger partial charge is 0.349 e. The topological polar surface area (TPSA) is 97.6 Å². The molecule has 0 aliphatic heterocycles. The van der Waals surface area contributed by atoms with E-state index >= 15 is 0 Å². The van der Waals surface area contributed by atoms with Crippen molar-refractivity contribution in [3.05, 3.63) is 87.2 Å². The summed E-state index contributed by atoms with van der Waals surface area (Å²) in [5.41, 5.74) is 3.78. The Kier molecular flexibility index (Phi) is 5.49. The summed E-state index contributed by atoms with van der Waals surface area (Å²) >= 11 is 3.48. The van der Waals surface area contributed by atoms with Gasteiger partial charge in [0, 0.05) is 5.39 Å². The van der Waals surface area contributed by atoms with Gasteiger partial charge in [0.1, 0.15) is 16.9 Å². The maximum atomic E-state index is 12.3. The summed E-state index contributed by atoms with van der Waals surface area (Å²) in [5, 5.41) is 2.58. The van der Waals surface area contributed by atoms with Gasteiger partial charge in [-0.25, -0.2) is 4.79 Å². The molecule has 1 heterocycles. The molecule has 0 saturated carbocycles. The number of carbonyl (C=O) groups excluding carboxylic acids is 2. The molecule has 2 amide bonds. The molecule has 0 radical (unpaired) electrons. The molecule has 3 aromatic carbocycles. The van der Waals surface area contributed by atoms with Gasteiger partial charge in [-0.2, -0.15) is 0 Å². The van der Waals surface area contributed by atoms with Crippen molar-refractivity contribution in [3.63, 3.8) is 0 Å². The summed E-state index contributed by atoms with van der Waals surface area (Å²) < 4.78 is 11.4. The van der Waals surface area contributed by atoms with Crippen LogP contribution in [0, 0.1) is 0 Å². The molecule has 150 valence electrons. The summed E-state index contributed by atoms with van der Waals surface area (Å²) in [5.74, 6) is -0.881. The molecule has 0 bridgehead atoms. The van der Waals surface area contributed by atoms with Crippen molar-refractivity contribution in [2.75, 3.05) is 6.61 Å². The quantitative estimate of drug-likeness (QED) is 0.354. The predicted octanol–water partition coefficient (Wildman–Crippen LogP) is 3.55. The molecular weight excluding hydrogens is 452 g/mol. The number of fused-ring (bicyclic) bond motifs is 2. The zero-order valence-electron chi connectivity index (χ0n) is 15.5. The Morgan fingerprint density at radius 3 is 2.50 bits per heavy atom.